The van der Waals surface area contributed by atoms with Gasteiger partial charge in [-0.05, 0) is 55.5 Å². The highest BCUT2D eigenvalue weighted by atomic mass is 16.5. The number of carboxylic acid groups (broad SMARTS) is 1. The Balaban J connectivity index is 1.69. The average molecular weight is 328 g/mol. The Labute approximate surface area is 143 Å². The maximum absolute atomic E-state index is 11.0. The average Bonchev–Trinajstić information content (AvgIpc) is 2.61. The Bertz CT molecular complexity index is 607. The van der Waals surface area contributed by atoms with Gasteiger partial charge in [0.15, 0.2) is 6.10 Å². The van der Waals surface area contributed by atoms with Crippen LogP contribution in [0.3, 0.4) is 0 Å². The second kappa shape index (κ2) is 9.60. The van der Waals surface area contributed by atoms with Crippen molar-refractivity contribution in [3.63, 3.8) is 0 Å². The molecule has 2 aromatic rings. The first kappa shape index (κ1) is 17.9. The maximum Gasteiger partial charge on any atom is 0.344 e. The number of aryl methyl sites for hydroxylation is 1. The highest BCUT2D eigenvalue weighted by molar-refractivity contribution is 5.72. The van der Waals surface area contributed by atoms with E-state index in [1.54, 1.807) is 31.2 Å². The summed E-state index contributed by atoms with van der Waals surface area (Å²) in [6.07, 6.45) is 2.75. The van der Waals surface area contributed by atoms with E-state index in [4.69, 9.17) is 14.6 Å². The molecule has 0 bridgehead atoms. The number of hydrogen-bond acceptors (Lipinski definition) is 3. The van der Waals surface area contributed by atoms with Crippen LogP contribution in [0.25, 0.3) is 0 Å². The third kappa shape index (κ3) is 5.95. The predicted molar refractivity (Wildman–Crippen MR) is 93.7 cm³/mol. The lowest BCUT2D eigenvalue weighted by molar-refractivity contribution is -0.145. The zero-order valence-electron chi connectivity index (χ0n) is 14.0. The van der Waals surface area contributed by atoms with Crippen molar-refractivity contribution >= 4 is 5.97 Å². The largest absolute Gasteiger partial charge is 0.494 e. The number of carbonyl (C=O) groups is 1. The maximum atomic E-state index is 11.0. The Hall–Kier alpha value is -2.49. The molecule has 0 spiro atoms. The lowest BCUT2D eigenvalue weighted by atomic mass is 10.1. The van der Waals surface area contributed by atoms with Gasteiger partial charge in [0.1, 0.15) is 11.5 Å². The Kier molecular flexibility index (Phi) is 7.15. The fraction of sp³-hybridized carbons (Fsp3) is 0.350. The number of hydrogen-bond donors (Lipinski definition) is 1. The minimum atomic E-state index is -0.948. The van der Waals surface area contributed by atoms with E-state index in [9.17, 15) is 4.79 Å². The number of aliphatic carboxylic acids is 1. The molecular formula is C20H24O4. The smallest absolute Gasteiger partial charge is 0.344 e. The molecule has 0 aliphatic heterocycles. The third-order valence-electron chi connectivity index (χ3n) is 3.72. The molecule has 0 aromatic heterocycles. The van der Waals surface area contributed by atoms with Crippen molar-refractivity contribution in [3.05, 3.63) is 60.2 Å². The van der Waals surface area contributed by atoms with Crippen LogP contribution >= 0.6 is 0 Å². The van der Waals surface area contributed by atoms with Crippen LogP contribution < -0.4 is 9.47 Å². The molecule has 0 saturated heterocycles. The van der Waals surface area contributed by atoms with Gasteiger partial charge in [0.25, 0.3) is 0 Å². The van der Waals surface area contributed by atoms with Crippen molar-refractivity contribution in [2.75, 3.05) is 6.61 Å². The molecule has 0 radical (unpaired) electrons. The highest BCUT2D eigenvalue weighted by Gasteiger charge is 2.16. The molecule has 24 heavy (non-hydrogen) atoms. The van der Waals surface area contributed by atoms with Crippen LogP contribution in [0.15, 0.2) is 54.6 Å². The predicted octanol–water partition coefficient (Wildman–Crippen LogP) is 4.33. The minimum absolute atomic E-state index is 0.426. The lowest BCUT2D eigenvalue weighted by Gasteiger charge is -2.13. The van der Waals surface area contributed by atoms with Gasteiger partial charge in [-0.2, -0.15) is 0 Å². The monoisotopic (exact) mass is 328 g/mol. The number of rotatable bonds is 10. The fourth-order valence-corrected chi connectivity index (χ4v) is 2.35. The zero-order valence-corrected chi connectivity index (χ0v) is 14.0. The van der Waals surface area contributed by atoms with Gasteiger partial charge in [-0.3, -0.25) is 0 Å². The number of carboxylic acids is 1. The molecule has 0 aliphatic rings. The van der Waals surface area contributed by atoms with E-state index < -0.39 is 12.1 Å². The standard InChI is InChI=1S/C20H24O4/c1-2-19(20(21)22)24-18-13-11-17(12-14-18)23-15-7-6-10-16-8-4-3-5-9-16/h3-5,8-9,11-14,19H,2,6-7,10,15H2,1H3,(H,21,22). The first-order valence-corrected chi connectivity index (χ1v) is 8.35. The van der Waals surface area contributed by atoms with Crippen molar-refractivity contribution in [3.8, 4) is 11.5 Å². The summed E-state index contributed by atoms with van der Waals surface area (Å²) in [6, 6.07) is 17.5. The van der Waals surface area contributed by atoms with Crippen LogP contribution in [-0.2, 0) is 11.2 Å². The molecule has 1 N–H and O–H groups in total. The zero-order chi connectivity index (χ0) is 17.2. The Morgan fingerprint density at radius 2 is 1.67 bits per heavy atom. The fourth-order valence-electron chi connectivity index (χ4n) is 2.35. The molecule has 128 valence electrons. The number of ether oxygens (including phenoxy) is 2. The van der Waals surface area contributed by atoms with Crippen LogP contribution in [0.2, 0.25) is 0 Å². The van der Waals surface area contributed by atoms with E-state index in [1.165, 1.54) is 5.56 Å². The summed E-state index contributed by atoms with van der Waals surface area (Å²) in [4.78, 5) is 11.0. The number of unbranched alkanes of at least 4 members (excludes halogenated alkanes) is 1. The topological polar surface area (TPSA) is 55.8 Å². The first-order chi connectivity index (χ1) is 11.7. The summed E-state index contributed by atoms with van der Waals surface area (Å²) in [5.74, 6) is 0.363. The third-order valence-corrected chi connectivity index (χ3v) is 3.72. The van der Waals surface area contributed by atoms with Crippen molar-refractivity contribution in [1.82, 2.24) is 0 Å². The van der Waals surface area contributed by atoms with Crippen molar-refractivity contribution < 1.29 is 19.4 Å². The molecule has 0 saturated carbocycles. The van der Waals surface area contributed by atoms with E-state index in [1.807, 2.05) is 6.07 Å². The summed E-state index contributed by atoms with van der Waals surface area (Å²) in [6.45, 7) is 2.45. The highest BCUT2D eigenvalue weighted by Crippen LogP contribution is 2.19. The molecule has 0 heterocycles. The second-order valence-electron chi connectivity index (χ2n) is 5.62. The van der Waals surface area contributed by atoms with Gasteiger partial charge in [0.05, 0.1) is 6.61 Å². The molecule has 4 nitrogen and oxygen atoms in total. The van der Waals surface area contributed by atoms with Gasteiger partial charge in [-0.25, -0.2) is 4.79 Å². The van der Waals surface area contributed by atoms with Gasteiger partial charge in [0.2, 0.25) is 0 Å². The Morgan fingerprint density at radius 1 is 1.00 bits per heavy atom. The molecule has 0 fully saturated rings. The van der Waals surface area contributed by atoms with E-state index >= 15 is 0 Å². The normalized spacial score (nSPS) is 11.7. The Morgan fingerprint density at radius 3 is 2.29 bits per heavy atom. The summed E-state index contributed by atoms with van der Waals surface area (Å²) >= 11 is 0. The van der Waals surface area contributed by atoms with E-state index in [0.717, 1.165) is 25.0 Å². The van der Waals surface area contributed by atoms with Crippen LogP contribution in [0, 0.1) is 0 Å². The SMILES string of the molecule is CCC(Oc1ccc(OCCCCc2ccccc2)cc1)C(=O)O. The van der Waals surface area contributed by atoms with Gasteiger partial charge >= 0.3 is 5.97 Å². The van der Waals surface area contributed by atoms with Crippen LogP contribution in [0.1, 0.15) is 31.7 Å². The first-order valence-electron chi connectivity index (χ1n) is 8.35. The van der Waals surface area contributed by atoms with Crippen LogP contribution in [0.4, 0.5) is 0 Å². The summed E-state index contributed by atoms with van der Waals surface area (Å²) in [5, 5.41) is 8.99. The lowest BCUT2D eigenvalue weighted by Crippen LogP contribution is -2.25. The van der Waals surface area contributed by atoms with Crippen LogP contribution in [0.5, 0.6) is 11.5 Å². The molecule has 4 heteroatoms. The van der Waals surface area contributed by atoms with E-state index in [-0.39, 0.29) is 0 Å². The van der Waals surface area contributed by atoms with Crippen molar-refractivity contribution in [2.45, 2.75) is 38.7 Å². The van der Waals surface area contributed by atoms with Gasteiger partial charge in [0, 0.05) is 0 Å². The van der Waals surface area contributed by atoms with Crippen molar-refractivity contribution in [1.29, 1.82) is 0 Å². The summed E-state index contributed by atoms with van der Waals surface area (Å²) < 4.78 is 11.1. The second-order valence-corrected chi connectivity index (χ2v) is 5.62. The van der Waals surface area contributed by atoms with Gasteiger partial charge < -0.3 is 14.6 Å². The molecule has 0 aliphatic carbocycles. The molecule has 2 rings (SSSR count). The molecule has 1 unspecified atom stereocenters. The van der Waals surface area contributed by atoms with E-state index in [0.29, 0.717) is 18.8 Å². The van der Waals surface area contributed by atoms with Crippen LogP contribution in [-0.4, -0.2) is 23.8 Å². The quantitative estimate of drug-likeness (QED) is 0.660. The van der Waals surface area contributed by atoms with Gasteiger partial charge in [-0.1, -0.05) is 37.3 Å². The molecule has 1 atom stereocenters. The minimum Gasteiger partial charge on any atom is -0.494 e. The number of benzene rings is 2. The molecular weight excluding hydrogens is 304 g/mol. The molecule has 0 amide bonds. The van der Waals surface area contributed by atoms with E-state index in [2.05, 4.69) is 24.3 Å². The molecule has 2 aromatic carbocycles. The van der Waals surface area contributed by atoms with Crippen molar-refractivity contribution in [2.24, 2.45) is 0 Å². The summed E-state index contributed by atoms with van der Waals surface area (Å²) in [7, 11) is 0. The summed E-state index contributed by atoms with van der Waals surface area (Å²) in [5.41, 5.74) is 1.35. The van der Waals surface area contributed by atoms with Gasteiger partial charge in [-0.15, -0.1) is 0 Å².